The van der Waals surface area contributed by atoms with Crippen LogP contribution in [0.25, 0.3) is 0 Å². The first-order valence-corrected chi connectivity index (χ1v) is 10.6. The van der Waals surface area contributed by atoms with E-state index < -0.39 is 0 Å². The molecule has 3 aliphatic heterocycles. The van der Waals surface area contributed by atoms with Gasteiger partial charge in [0.05, 0.1) is 6.61 Å². The molecule has 28 heavy (non-hydrogen) atoms. The lowest BCUT2D eigenvalue weighted by atomic mass is 10.1. The number of nitrogens with zero attached hydrogens (tertiary/aromatic N) is 1. The van der Waals surface area contributed by atoms with Crippen molar-refractivity contribution in [2.45, 2.75) is 19.4 Å². The summed E-state index contributed by atoms with van der Waals surface area (Å²) in [5.74, 6) is 1.34. The molecule has 1 fully saturated rings. The number of carbonyl (C=O) groups excluding carboxylic acids is 1. The van der Waals surface area contributed by atoms with Crippen molar-refractivity contribution in [2.75, 3.05) is 50.8 Å². The number of ether oxygens (including phenoxy) is 1. The molecule has 0 spiro atoms. The van der Waals surface area contributed by atoms with Crippen molar-refractivity contribution >= 4 is 11.6 Å². The van der Waals surface area contributed by atoms with Crippen LogP contribution in [-0.4, -0.2) is 51.8 Å². The van der Waals surface area contributed by atoms with Crippen molar-refractivity contribution in [3.63, 3.8) is 0 Å². The van der Waals surface area contributed by atoms with Crippen LogP contribution in [0.5, 0.6) is 5.75 Å². The van der Waals surface area contributed by atoms with E-state index in [1.54, 1.807) is 4.90 Å². The van der Waals surface area contributed by atoms with E-state index in [2.05, 4.69) is 36.4 Å². The van der Waals surface area contributed by atoms with Crippen LogP contribution in [0.4, 0.5) is 5.69 Å². The molecule has 146 valence electrons. The van der Waals surface area contributed by atoms with Crippen LogP contribution in [0.15, 0.2) is 42.5 Å². The topological polar surface area (TPSA) is 38.4 Å². The number of hydrogen-bond donors (Lipinski definition) is 2. The summed E-state index contributed by atoms with van der Waals surface area (Å²) in [6.45, 7) is 7.77. The lowest BCUT2D eigenvalue weighted by molar-refractivity contribution is -1.02. The van der Waals surface area contributed by atoms with Crippen LogP contribution in [0.2, 0.25) is 0 Å². The van der Waals surface area contributed by atoms with Crippen LogP contribution < -0.4 is 19.4 Å². The molecular formula is C23H29N3O2+2. The zero-order chi connectivity index (χ0) is 18.9. The summed E-state index contributed by atoms with van der Waals surface area (Å²) in [5, 5.41) is 0. The summed E-state index contributed by atoms with van der Waals surface area (Å²) in [6, 6.07) is 15.0. The molecule has 0 aromatic heterocycles. The fourth-order valence-electron chi connectivity index (χ4n) is 4.86. The SMILES string of the molecule is O=C(C[NH+]1CC[NH+](Cc2ccc3c(c2)CCO3)CC1)N1CCc2ccccc21. The number of quaternary nitrogens is 2. The van der Waals surface area contributed by atoms with Crippen molar-refractivity contribution in [2.24, 2.45) is 0 Å². The smallest absolute Gasteiger partial charge is 0.282 e. The highest BCUT2D eigenvalue weighted by Gasteiger charge is 2.30. The van der Waals surface area contributed by atoms with Crippen molar-refractivity contribution in [1.29, 1.82) is 0 Å². The second-order valence-corrected chi connectivity index (χ2v) is 8.32. The van der Waals surface area contributed by atoms with Gasteiger partial charge >= 0.3 is 0 Å². The molecule has 2 aromatic rings. The Bertz CT molecular complexity index is 874. The Labute approximate surface area is 166 Å². The van der Waals surface area contributed by atoms with Gasteiger partial charge in [-0.05, 0) is 41.8 Å². The van der Waals surface area contributed by atoms with Gasteiger partial charge in [-0.25, -0.2) is 0 Å². The average molecular weight is 380 g/mol. The summed E-state index contributed by atoms with van der Waals surface area (Å²) in [6.07, 6.45) is 2.03. The standard InChI is InChI=1S/C23H27N3O2/c27-23(26-9-7-19-3-1-2-4-21(19)26)17-25-12-10-24(11-13-25)16-18-5-6-22-20(15-18)8-14-28-22/h1-6,15H,7-14,16-17H2/p+2. The van der Waals surface area contributed by atoms with Crippen LogP contribution >= 0.6 is 0 Å². The van der Waals surface area contributed by atoms with Crippen molar-refractivity contribution in [3.05, 3.63) is 59.2 Å². The lowest BCUT2D eigenvalue weighted by Crippen LogP contribution is -3.28. The minimum absolute atomic E-state index is 0.280. The number of nitrogens with one attached hydrogen (secondary N) is 2. The monoisotopic (exact) mass is 379 g/mol. The molecule has 1 saturated heterocycles. The highest BCUT2D eigenvalue weighted by molar-refractivity contribution is 5.96. The molecule has 2 N–H and O–H groups in total. The fourth-order valence-corrected chi connectivity index (χ4v) is 4.86. The Morgan fingerprint density at radius 1 is 0.964 bits per heavy atom. The molecule has 2 aromatic carbocycles. The van der Waals surface area contributed by atoms with E-state index in [1.165, 1.54) is 21.6 Å². The van der Waals surface area contributed by atoms with Gasteiger partial charge in [0.2, 0.25) is 0 Å². The number of benzene rings is 2. The number of anilines is 1. The quantitative estimate of drug-likeness (QED) is 0.752. The zero-order valence-corrected chi connectivity index (χ0v) is 16.4. The third-order valence-corrected chi connectivity index (χ3v) is 6.46. The van der Waals surface area contributed by atoms with Gasteiger partial charge in [0.15, 0.2) is 6.54 Å². The second-order valence-electron chi connectivity index (χ2n) is 8.32. The molecule has 0 saturated carbocycles. The van der Waals surface area contributed by atoms with E-state index >= 15 is 0 Å². The molecule has 1 amide bonds. The van der Waals surface area contributed by atoms with Crippen molar-refractivity contribution in [3.8, 4) is 5.75 Å². The lowest BCUT2D eigenvalue weighted by Gasteiger charge is -2.30. The Morgan fingerprint density at radius 3 is 2.68 bits per heavy atom. The first-order chi connectivity index (χ1) is 13.8. The summed E-state index contributed by atoms with van der Waals surface area (Å²) >= 11 is 0. The molecule has 5 rings (SSSR count). The normalized spacial score (nSPS) is 23.2. The minimum Gasteiger partial charge on any atom is -0.493 e. The molecule has 5 nitrogen and oxygen atoms in total. The van der Waals surface area contributed by atoms with Gasteiger partial charge in [-0.2, -0.15) is 0 Å². The largest absolute Gasteiger partial charge is 0.493 e. The van der Waals surface area contributed by atoms with Gasteiger partial charge in [0, 0.05) is 24.2 Å². The summed E-state index contributed by atoms with van der Waals surface area (Å²) < 4.78 is 5.61. The van der Waals surface area contributed by atoms with Crippen LogP contribution in [0.1, 0.15) is 16.7 Å². The number of amides is 1. The fraction of sp³-hybridized carbons (Fsp3) is 0.435. The predicted molar refractivity (Wildman–Crippen MR) is 108 cm³/mol. The van der Waals surface area contributed by atoms with Crippen LogP contribution in [-0.2, 0) is 24.2 Å². The number of carbonyl (C=O) groups is 1. The summed E-state index contributed by atoms with van der Waals surface area (Å²) in [7, 11) is 0. The highest BCUT2D eigenvalue weighted by atomic mass is 16.5. The first kappa shape index (κ1) is 17.7. The van der Waals surface area contributed by atoms with Gasteiger partial charge in [-0.15, -0.1) is 0 Å². The van der Waals surface area contributed by atoms with Crippen LogP contribution in [0, 0.1) is 0 Å². The van der Waals surface area contributed by atoms with Crippen molar-refractivity contribution < 1.29 is 19.3 Å². The Hall–Kier alpha value is -2.37. The molecule has 3 aliphatic rings. The molecular weight excluding hydrogens is 350 g/mol. The molecule has 0 radical (unpaired) electrons. The maximum atomic E-state index is 12.8. The van der Waals surface area contributed by atoms with E-state index in [4.69, 9.17) is 4.74 Å². The number of hydrogen-bond acceptors (Lipinski definition) is 2. The number of piperazine rings is 1. The second kappa shape index (κ2) is 7.57. The molecule has 3 heterocycles. The van der Waals surface area contributed by atoms with Gasteiger partial charge in [0.25, 0.3) is 5.91 Å². The minimum atomic E-state index is 0.280. The predicted octanol–water partition coefficient (Wildman–Crippen LogP) is -0.506. The Morgan fingerprint density at radius 2 is 1.79 bits per heavy atom. The zero-order valence-electron chi connectivity index (χ0n) is 16.4. The average Bonchev–Trinajstić information content (AvgIpc) is 3.36. The van der Waals surface area contributed by atoms with Crippen LogP contribution in [0.3, 0.4) is 0 Å². The molecule has 5 heteroatoms. The highest BCUT2D eigenvalue weighted by Crippen LogP contribution is 2.27. The Balaban J connectivity index is 1.13. The van der Waals surface area contributed by atoms with Crippen molar-refractivity contribution in [1.82, 2.24) is 0 Å². The third kappa shape index (κ3) is 3.52. The summed E-state index contributed by atoms with van der Waals surface area (Å²) in [4.78, 5) is 17.9. The Kier molecular flexibility index (Phi) is 4.79. The maximum Gasteiger partial charge on any atom is 0.282 e. The van der Waals surface area contributed by atoms with Gasteiger partial charge < -0.3 is 19.4 Å². The van der Waals surface area contributed by atoms with Gasteiger partial charge in [-0.3, -0.25) is 4.79 Å². The van der Waals surface area contributed by atoms with E-state index in [-0.39, 0.29) is 5.91 Å². The number of para-hydroxylation sites is 1. The number of rotatable bonds is 4. The first-order valence-electron chi connectivity index (χ1n) is 10.6. The molecule has 0 unspecified atom stereocenters. The molecule has 0 atom stereocenters. The van der Waals surface area contributed by atoms with E-state index in [0.29, 0.717) is 6.54 Å². The molecule has 0 aliphatic carbocycles. The van der Waals surface area contributed by atoms with E-state index in [9.17, 15) is 4.79 Å². The third-order valence-electron chi connectivity index (χ3n) is 6.46. The van der Waals surface area contributed by atoms with E-state index in [1.807, 2.05) is 11.0 Å². The maximum absolute atomic E-state index is 12.8. The summed E-state index contributed by atoms with van der Waals surface area (Å²) in [5.41, 5.74) is 5.20. The van der Waals surface area contributed by atoms with Gasteiger partial charge in [-0.1, -0.05) is 18.2 Å². The number of fused-ring (bicyclic) bond motifs is 2. The molecule has 0 bridgehead atoms. The van der Waals surface area contributed by atoms with Gasteiger partial charge in [0.1, 0.15) is 38.5 Å². The van der Waals surface area contributed by atoms with E-state index in [0.717, 1.165) is 70.2 Å².